The number of nitrogens with one attached hydrogen (secondary N) is 2. The third-order valence-electron chi connectivity index (χ3n) is 2.98. The molecule has 0 radical (unpaired) electrons. The number of anilines is 2. The molecule has 2 N–H and O–H groups in total. The van der Waals surface area contributed by atoms with E-state index in [0.717, 1.165) is 12.3 Å². The average Bonchev–Trinajstić information content (AvgIpc) is 2.56. The van der Waals surface area contributed by atoms with Crippen molar-refractivity contribution < 1.29 is 18.0 Å². The van der Waals surface area contributed by atoms with Gasteiger partial charge in [-0.2, -0.15) is 18.4 Å². The molecule has 0 unspecified atom stereocenters. The number of hydrogen-bond donors (Lipinski definition) is 2. The molecule has 1 aromatic heterocycles. The summed E-state index contributed by atoms with van der Waals surface area (Å²) >= 11 is 11.3. The second-order valence-corrected chi connectivity index (χ2v) is 5.66. The molecule has 134 valence electrons. The molecule has 0 atom stereocenters. The fraction of sp³-hybridized carbons (Fsp3) is 0.0625. The molecule has 2 rings (SSSR count). The van der Waals surface area contributed by atoms with Crippen LogP contribution in [0.5, 0.6) is 0 Å². The van der Waals surface area contributed by atoms with E-state index in [1.165, 1.54) is 24.4 Å². The van der Waals surface area contributed by atoms with Gasteiger partial charge >= 0.3 is 6.18 Å². The Bertz CT molecular complexity index is 907. The van der Waals surface area contributed by atoms with Gasteiger partial charge in [-0.3, -0.25) is 4.79 Å². The summed E-state index contributed by atoms with van der Waals surface area (Å²) < 4.78 is 38.5. The minimum absolute atomic E-state index is 0.159. The van der Waals surface area contributed by atoms with Gasteiger partial charge in [0.05, 0.1) is 10.6 Å². The number of rotatable bonds is 4. The molecule has 1 amide bonds. The molecule has 0 spiro atoms. The lowest BCUT2D eigenvalue weighted by Crippen LogP contribution is -2.15. The Morgan fingerprint density at radius 3 is 2.58 bits per heavy atom. The summed E-state index contributed by atoms with van der Waals surface area (Å²) in [7, 11) is 0. The summed E-state index contributed by atoms with van der Waals surface area (Å²) in [4.78, 5) is 16.0. The van der Waals surface area contributed by atoms with Crippen molar-refractivity contribution in [2.24, 2.45) is 0 Å². The predicted molar refractivity (Wildman–Crippen MR) is 91.6 cm³/mol. The number of pyridine rings is 1. The van der Waals surface area contributed by atoms with Gasteiger partial charge in [-0.1, -0.05) is 23.2 Å². The molecule has 0 aliphatic heterocycles. The third-order valence-corrected chi connectivity index (χ3v) is 3.55. The van der Waals surface area contributed by atoms with Crippen LogP contribution in [0.2, 0.25) is 10.0 Å². The number of aromatic nitrogens is 1. The van der Waals surface area contributed by atoms with Gasteiger partial charge < -0.3 is 10.6 Å². The lowest BCUT2D eigenvalue weighted by molar-refractivity contribution is -0.137. The third kappa shape index (κ3) is 5.12. The Morgan fingerprint density at radius 1 is 1.23 bits per heavy atom. The molecule has 0 fully saturated rings. The van der Waals surface area contributed by atoms with Crippen LogP contribution in [0.4, 0.5) is 24.7 Å². The van der Waals surface area contributed by atoms with Gasteiger partial charge in [-0.15, -0.1) is 0 Å². The molecule has 0 aliphatic rings. The van der Waals surface area contributed by atoms with Gasteiger partial charge in [0.2, 0.25) is 0 Å². The first-order valence-corrected chi connectivity index (χ1v) is 7.63. The van der Waals surface area contributed by atoms with Crippen molar-refractivity contribution in [2.45, 2.75) is 6.18 Å². The minimum atomic E-state index is -4.68. The van der Waals surface area contributed by atoms with E-state index >= 15 is 0 Å². The molecule has 5 nitrogen and oxygen atoms in total. The molecular weight excluding hydrogens is 392 g/mol. The quantitative estimate of drug-likeness (QED) is 0.567. The molecule has 0 saturated heterocycles. The summed E-state index contributed by atoms with van der Waals surface area (Å²) in [6.45, 7) is 0. The molecule has 0 aliphatic carbocycles. The molecule has 0 bridgehead atoms. The van der Waals surface area contributed by atoms with Crippen LogP contribution in [0.3, 0.4) is 0 Å². The van der Waals surface area contributed by atoms with Gasteiger partial charge in [0, 0.05) is 23.1 Å². The zero-order chi connectivity index (χ0) is 19.3. The molecule has 0 saturated carbocycles. The summed E-state index contributed by atoms with van der Waals surface area (Å²) in [5, 5.41) is 13.8. The smallest absolute Gasteiger partial charge is 0.345 e. The van der Waals surface area contributed by atoms with Crippen LogP contribution in [0, 0.1) is 11.3 Å². The minimum Gasteiger partial charge on any atom is -0.345 e. The summed E-state index contributed by atoms with van der Waals surface area (Å²) in [5.74, 6) is -0.624. The van der Waals surface area contributed by atoms with Gasteiger partial charge in [-0.25, -0.2) is 4.98 Å². The largest absolute Gasteiger partial charge is 0.417 e. The lowest BCUT2D eigenvalue weighted by Gasteiger charge is -2.11. The number of alkyl halides is 3. The fourth-order valence-electron chi connectivity index (χ4n) is 1.80. The van der Waals surface area contributed by atoms with E-state index in [9.17, 15) is 18.0 Å². The Labute approximate surface area is 156 Å². The first kappa shape index (κ1) is 19.6. The van der Waals surface area contributed by atoms with E-state index in [0.29, 0.717) is 11.1 Å². The van der Waals surface area contributed by atoms with Crippen molar-refractivity contribution >= 4 is 40.6 Å². The monoisotopic (exact) mass is 400 g/mol. The number of hydrogen-bond acceptors (Lipinski definition) is 4. The highest BCUT2D eigenvalue weighted by Gasteiger charge is 2.33. The Morgan fingerprint density at radius 2 is 1.96 bits per heavy atom. The second kappa shape index (κ2) is 8.08. The number of carbonyl (C=O) groups is 1. The molecular formula is C16H9Cl2F3N4O. The number of halogens is 5. The maximum atomic E-state index is 12.8. The first-order chi connectivity index (χ1) is 12.2. The van der Waals surface area contributed by atoms with E-state index < -0.39 is 22.7 Å². The highest BCUT2D eigenvalue weighted by atomic mass is 35.5. The van der Waals surface area contributed by atoms with Crippen molar-refractivity contribution in [2.75, 3.05) is 10.6 Å². The Kier molecular flexibility index (Phi) is 6.08. The van der Waals surface area contributed by atoms with E-state index in [2.05, 4.69) is 15.6 Å². The summed E-state index contributed by atoms with van der Waals surface area (Å²) in [6.07, 6.45) is -2.20. The fourth-order valence-corrected chi connectivity index (χ4v) is 2.18. The van der Waals surface area contributed by atoms with Crippen LogP contribution in [-0.2, 0) is 11.0 Å². The van der Waals surface area contributed by atoms with E-state index in [1.54, 1.807) is 6.07 Å². The second-order valence-electron chi connectivity index (χ2n) is 4.82. The van der Waals surface area contributed by atoms with Crippen molar-refractivity contribution in [1.82, 2.24) is 4.98 Å². The van der Waals surface area contributed by atoms with Crippen LogP contribution in [0.1, 0.15) is 5.56 Å². The van der Waals surface area contributed by atoms with Crippen LogP contribution < -0.4 is 10.6 Å². The van der Waals surface area contributed by atoms with Gasteiger partial charge in [0.25, 0.3) is 5.91 Å². The highest BCUT2D eigenvalue weighted by molar-refractivity contribution is 6.31. The number of nitrogens with zero attached hydrogens (tertiary/aromatic N) is 2. The van der Waals surface area contributed by atoms with Crippen LogP contribution in [-0.4, -0.2) is 10.9 Å². The average molecular weight is 401 g/mol. The topological polar surface area (TPSA) is 77.8 Å². The lowest BCUT2D eigenvalue weighted by atomic mass is 10.2. The standard InChI is InChI=1S/C16H9Cl2F3N4O/c17-10-3-4-23-14(5-10)24-8-9(7-22)15(26)25-11-1-2-13(18)12(6-11)16(19,20)21/h1-6,8H,(H,23,24)(H,25,26)/b9-8-. The molecule has 2 aromatic rings. The normalized spacial score (nSPS) is 11.6. The van der Waals surface area contributed by atoms with Crippen LogP contribution in [0.25, 0.3) is 0 Å². The number of carbonyl (C=O) groups excluding carboxylic acids is 1. The number of nitriles is 1. The molecule has 10 heteroatoms. The molecule has 1 aromatic carbocycles. The Balaban J connectivity index is 2.17. The van der Waals surface area contributed by atoms with Crippen LogP contribution >= 0.6 is 23.2 Å². The van der Waals surface area contributed by atoms with E-state index in [4.69, 9.17) is 28.5 Å². The van der Waals surface area contributed by atoms with Gasteiger partial charge in [-0.05, 0) is 30.3 Å². The van der Waals surface area contributed by atoms with Gasteiger partial charge in [0.1, 0.15) is 17.5 Å². The number of amides is 1. The zero-order valence-electron chi connectivity index (χ0n) is 12.7. The first-order valence-electron chi connectivity index (χ1n) is 6.87. The van der Waals surface area contributed by atoms with Crippen molar-refractivity contribution in [3.63, 3.8) is 0 Å². The Hall–Kier alpha value is -2.76. The van der Waals surface area contributed by atoms with E-state index in [1.807, 2.05) is 0 Å². The van der Waals surface area contributed by atoms with Crippen molar-refractivity contribution in [1.29, 1.82) is 5.26 Å². The summed E-state index contributed by atoms with van der Waals surface area (Å²) in [6, 6.07) is 7.51. The SMILES string of the molecule is N#C/C(=C/Nc1cc(Cl)ccn1)C(=O)Nc1ccc(Cl)c(C(F)(F)F)c1. The maximum absolute atomic E-state index is 12.8. The van der Waals surface area contributed by atoms with Crippen LogP contribution in [0.15, 0.2) is 48.3 Å². The highest BCUT2D eigenvalue weighted by Crippen LogP contribution is 2.36. The zero-order valence-corrected chi connectivity index (χ0v) is 14.2. The summed E-state index contributed by atoms with van der Waals surface area (Å²) in [5.41, 5.74) is -1.63. The maximum Gasteiger partial charge on any atom is 0.417 e. The molecule has 1 heterocycles. The van der Waals surface area contributed by atoms with Gasteiger partial charge in [0.15, 0.2) is 0 Å². The predicted octanol–water partition coefficient (Wildman–Crippen LogP) is 4.87. The number of benzene rings is 1. The molecule has 26 heavy (non-hydrogen) atoms. The van der Waals surface area contributed by atoms with Crippen molar-refractivity contribution in [3.8, 4) is 6.07 Å². The van der Waals surface area contributed by atoms with Crippen molar-refractivity contribution in [3.05, 3.63) is 63.9 Å². The van der Waals surface area contributed by atoms with E-state index in [-0.39, 0.29) is 17.1 Å².